The van der Waals surface area contributed by atoms with Crippen LogP contribution in [0.3, 0.4) is 0 Å². The number of carbonyl (C=O) groups excluding carboxylic acids is 1. The predicted molar refractivity (Wildman–Crippen MR) is 83.7 cm³/mol. The Bertz CT molecular complexity index is 534. The second-order valence-corrected chi connectivity index (χ2v) is 6.58. The molecule has 0 radical (unpaired) electrons. The topological polar surface area (TPSA) is 67.8 Å². The first-order chi connectivity index (χ1) is 10.3. The highest BCUT2D eigenvalue weighted by Gasteiger charge is 2.25. The van der Waals surface area contributed by atoms with Gasteiger partial charge in [0.2, 0.25) is 0 Å². The summed E-state index contributed by atoms with van der Waals surface area (Å²) < 4.78 is 11.0. The van der Waals surface area contributed by atoms with Crippen LogP contribution in [0.2, 0.25) is 0 Å². The zero-order chi connectivity index (χ0) is 16.3. The highest BCUT2D eigenvalue weighted by molar-refractivity contribution is 5.67. The monoisotopic (exact) mass is 307 g/mol. The lowest BCUT2D eigenvalue weighted by Crippen LogP contribution is -2.36. The van der Waals surface area contributed by atoms with Gasteiger partial charge in [-0.1, -0.05) is 18.2 Å². The fourth-order valence-electron chi connectivity index (χ4n) is 2.66. The van der Waals surface area contributed by atoms with Gasteiger partial charge in [0.05, 0.1) is 19.3 Å². The number of aliphatic hydroxyl groups excluding tert-OH is 1. The van der Waals surface area contributed by atoms with Crippen molar-refractivity contribution >= 4 is 6.09 Å². The minimum absolute atomic E-state index is 0.213. The molecule has 1 aromatic rings. The van der Waals surface area contributed by atoms with E-state index < -0.39 is 17.8 Å². The lowest BCUT2D eigenvalue weighted by atomic mass is 9.91. The lowest BCUT2D eigenvalue weighted by Gasteiger charge is -2.29. The third kappa shape index (κ3) is 4.21. The molecule has 0 aromatic heterocycles. The van der Waals surface area contributed by atoms with E-state index in [2.05, 4.69) is 5.32 Å². The van der Waals surface area contributed by atoms with E-state index in [1.54, 1.807) is 6.92 Å². The summed E-state index contributed by atoms with van der Waals surface area (Å²) in [5.74, 6) is 0. The van der Waals surface area contributed by atoms with E-state index in [4.69, 9.17) is 9.47 Å². The Balaban J connectivity index is 2.07. The summed E-state index contributed by atoms with van der Waals surface area (Å²) in [7, 11) is 0. The number of hydrogen-bond donors (Lipinski definition) is 2. The summed E-state index contributed by atoms with van der Waals surface area (Å²) in [6.07, 6.45) is -0.392. The fraction of sp³-hybridized carbons (Fsp3) is 0.588. The van der Waals surface area contributed by atoms with Crippen molar-refractivity contribution in [2.24, 2.45) is 0 Å². The van der Waals surface area contributed by atoms with Crippen LogP contribution < -0.4 is 5.32 Å². The van der Waals surface area contributed by atoms with Crippen molar-refractivity contribution in [2.45, 2.75) is 51.9 Å². The highest BCUT2D eigenvalue weighted by Crippen LogP contribution is 2.31. The molecule has 0 spiro atoms. The van der Waals surface area contributed by atoms with Crippen molar-refractivity contribution in [3.05, 3.63) is 34.9 Å². The normalized spacial score (nSPS) is 19.2. The van der Waals surface area contributed by atoms with Crippen LogP contribution in [0, 0.1) is 0 Å². The van der Waals surface area contributed by atoms with Gasteiger partial charge in [-0.15, -0.1) is 0 Å². The van der Waals surface area contributed by atoms with Crippen LogP contribution in [0.15, 0.2) is 18.2 Å². The smallest absolute Gasteiger partial charge is 0.407 e. The molecule has 122 valence electrons. The summed E-state index contributed by atoms with van der Waals surface area (Å²) in [5, 5.41) is 12.6. The molecule has 2 N–H and O–H groups in total. The Morgan fingerprint density at radius 3 is 2.86 bits per heavy atom. The third-order valence-corrected chi connectivity index (χ3v) is 3.55. The van der Waals surface area contributed by atoms with E-state index in [-0.39, 0.29) is 6.10 Å². The Morgan fingerprint density at radius 2 is 2.23 bits per heavy atom. The zero-order valence-electron chi connectivity index (χ0n) is 13.7. The maximum absolute atomic E-state index is 11.8. The number of amides is 1. The highest BCUT2D eigenvalue weighted by atomic mass is 16.6. The number of aliphatic hydroxyl groups is 1. The summed E-state index contributed by atoms with van der Waals surface area (Å²) >= 11 is 0. The lowest BCUT2D eigenvalue weighted by molar-refractivity contribution is 0.0283. The van der Waals surface area contributed by atoms with Crippen molar-refractivity contribution in [3.63, 3.8) is 0 Å². The van der Waals surface area contributed by atoms with E-state index in [1.165, 1.54) is 0 Å². The number of benzene rings is 1. The van der Waals surface area contributed by atoms with Gasteiger partial charge in [-0.2, -0.15) is 0 Å². The Hall–Kier alpha value is -1.59. The number of fused-ring (bicyclic) bond motifs is 1. The third-order valence-electron chi connectivity index (χ3n) is 3.55. The van der Waals surface area contributed by atoms with Crippen LogP contribution in [-0.4, -0.2) is 30.0 Å². The van der Waals surface area contributed by atoms with Gasteiger partial charge in [0.25, 0.3) is 0 Å². The van der Waals surface area contributed by atoms with E-state index in [0.29, 0.717) is 13.2 Å². The molecule has 1 heterocycles. The number of nitrogens with one attached hydrogen (secondary N) is 1. The van der Waals surface area contributed by atoms with Gasteiger partial charge in [-0.25, -0.2) is 4.79 Å². The Kier molecular flexibility index (Phi) is 5.08. The van der Waals surface area contributed by atoms with E-state index in [1.807, 2.05) is 39.0 Å². The summed E-state index contributed by atoms with van der Waals surface area (Å²) in [5.41, 5.74) is 2.57. The largest absolute Gasteiger partial charge is 0.444 e. The van der Waals surface area contributed by atoms with Gasteiger partial charge >= 0.3 is 6.09 Å². The van der Waals surface area contributed by atoms with Crippen LogP contribution in [-0.2, 0) is 15.9 Å². The molecule has 1 aromatic carbocycles. The molecule has 2 atom stereocenters. The Labute approximate surface area is 131 Å². The molecule has 1 aliphatic rings. The Morgan fingerprint density at radius 1 is 1.50 bits per heavy atom. The minimum atomic E-state index is -0.519. The van der Waals surface area contributed by atoms with Crippen LogP contribution in [0.5, 0.6) is 0 Å². The van der Waals surface area contributed by atoms with Gasteiger partial charge in [0.15, 0.2) is 0 Å². The number of rotatable bonds is 3. The first kappa shape index (κ1) is 16.8. The average Bonchev–Trinajstić information content (AvgIpc) is 2.42. The molecule has 1 amide bonds. The van der Waals surface area contributed by atoms with Crippen LogP contribution >= 0.6 is 0 Å². The standard InChI is InChI=1S/C17H25NO4/c1-11(19)12-6-5-7-14-13(12)8-9-21-15(14)10-18-16(20)22-17(2,3)4/h5-7,11,15,19H,8-10H2,1-4H3,(H,18,20). The quantitative estimate of drug-likeness (QED) is 0.901. The first-order valence-corrected chi connectivity index (χ1v) is 7.66. The molecule has 0 bridgehead atoms. The number of carbonyl (C=O) groups is 1. The number of alkyl carbamates (subject to hydrolysis) is 1. The molecule has 2 unspecified atom stereocenters. The molecule has 0 saturated heterocycles. The maximum atomic E-state index is 11.8. The van der Waals surface area contributed by atoms with Crippen LogP contribution in [0.4, 0.5) is 4.79 Å². The second-order valence-electron chi connectivity index (χ2n) is 6.58. The van der Waals surface area contributed by atoms with Crippen LogP contribution in [0.1, 0.15) is 56.6 Å². The predicted octanol–water partition coefficient (Wildman–Crippen LogP) is 2.88. The van der Waals surface area contributed by atoms with Crippen molar-refractivity contribution < 1.29 is 19.4 Å². The number of ether oxygens (including phenoxy) is 2. The molecular formula is C17H25NO4. The van der Waals surface area contributed by atoms with Crippen LogP contribution in [0.25, 0.3) is 0 Å². The molecule has 5 nitrogen and oxygen atoms in total. The van der Waals surface area contributed by atoms with Gasteiger partial charge in [0.1, 0.15) is 11.7 Å². The minimum Gasteiger partial charge on any atom is -0.444 e. The molecule has 1 aliphatic heterocycles. The summed E-state index contributed by atoms with van der Waals surface area (Å²) in [4.78, 5) is 11.8. The summed E-state index contributed by atoms with van der Waals surface area (Å²) in [6, 6.07) is 5.84. The van der Waals surface area contributed by atoms with E-state index >= 15 is 0 Å². The van der Waals surface area contributed by atoms with Crippen molar-refractivity contribution in [1.82, 2.24) is 5.32 Å². The van der Waals surface area contributed by atoms with E-state index in [9.17, 15) is 9.90 Å². The molecule has 0 saturated carbocycles. The molecular weight excluding hydrogens is 282 g/mol. The fourth-order valence-corrected chi connectivity index (χ4v) is 2.66. The van der Waals surface area contributed by atoms with Gasteiger partial charge in [-0.05, 0) is 50.8 Å². The molecule has 22 heavy (non-hydrogen) atoms. The first-order valence-electron chi connectivity index (χ1n) is 7.66. The van der Waals surface area contributed by atoms with Gasteiger partial charge in [-0.3, -0.25) is 0 Å². The molecule has 0 fully saturated rings. The van der Waals surface area contributed by atoms with E-state index in [0.717, 1.165) is 23.1 Å². The molecule has 2 rings (SSSR count). The number of hydrogen-bond acceptors (Lipinski definition) is 4. The van der Waals surface area contributed by atoms with Gasteiger partial charge in [0, 0.05) is 0 Å². The summed E-state index contributed by atoms with van der Waals surface area (Å²) in [6.45, 7) is 8.18. The van der Waals surface area contributed by atoms with Crippen molar-refractivity contribution in [3.8, 4) is 0 Å². The maximum Gasteiger partial charge on any atom is 0.407 e. The van der Waals surface area contributed by atoms with Crippen molar-refractivity contribution in [1.29, 1.82) is 0 Å². The SMILES string of the molecule is CC(O)c1cccc2c1CCOC2CNC(=O)OC(C)(C)C. The molecule has 5 heteroatoms. The second kappa shape index (κ2) is 6.67. The van der Waals surface area contributed by atoms with Crippen molar-refractivity contribution in [2.75, 3.05) is 13.2 Å². The average molecular weight is 307 g/mol. The molecule has 0 aliphatic carbocycles. The van der Waals surface area contributed by atoms with Gasteiger partial charge < -0.3 is 19.9 Å². The zero-order valence-corrected chi connectivity index (χ0v) is 13.7.